The molecule has 2 heterocycles. The Kier molecular flexibility index (Phi) is 7.39. The maximum atomic E-state index is 12.4. The summed E-state index contributed by atoms with van der Waals surface area (Å²) in [4.78, 5) is 16.9. The maximum absolute atomic E-state index is 12.4. The van der Waals surface area contributed by atoms with Crippen LogP contribution in [0.25, 0.3) is 0 Å². The number of amides is 1. The summed E-state index contributed by atoms with van der Waals surface area (Å²) < 4.78 is 6.56. The summed E-state index contributed by atoms with van der Waals surface area (Å²) in [5, 5.41) is 0.581. The number of carbonyl (C=O) groups excluding carboxylic acids is 1. The van der Waals surface area contributed by atoms with Gasteiger partial charge < -0.3 is 14.5 Å². The van der Waals surface area contributed by atoms with Gasteiger partial charge in [-0.1, -0.05) is 45.9 Å². The SMILES string of the molecule is COc1ccc(Br)c(CC2CCN(CCC3CN(c4ccccc4)C(=O)S3)CC2)c1. The molecule has 2 aliphatic rings. The quantitative estimate of drug-likeness (QED) is 0.489. The predicted molar refractivity (Wildman–Crippen MR) is 129 cm³/mol. The molecule has 0 spiro atoms. The summed E-state index contributed by atoms with van der Waals surface area (Å²) in [5.41, 5.74) is 2.36. The number of benzene rings is 2. The first kappa shape index (κ1) is 21.7. The minimum Gasteiger partial charge on any atom is -0.497 e. The number of likely N-dealkylation sites (tertiary alicyclic amines) is 1. The Labute approximate surface area is 192 Å². The van der Waals surface area contributed by atoms with E-state index in [2.05, 4.69) is 33.0 Å². The minimum atomic E-state index is 0.189. The molecule has 0 N–H and O–H groups in total. The van der Waals surface area contributed by atoms with Crippen molar-refractivity contribution in [3.63, 3.8) is 0 Å². The third-order valence-electron chi connectivity index (χ3n) is 6.18. The molecule has 4 nitrogen and oxygen atoms in total. The molecule has 160 valence electrons. The number of piperidine rings is 1. The summed E-state index contributed by atoms with van der Waals surface area (Å²) in [5.74, 6) is 1.65. The first-order valence-corrected chi connectivity index (χ1v) is 12.4. The van der Waals surface area contributed by atoms with E-state index in [-0.39, 0.29) is 5.24 Å². The highest BCUT2D eigenvalue weighted by Gasteiger charge is 2.32. The van der Waals surface area contributed by atoms with Crippen LogP contribution in [-0.2, 0) is 6.42 Å². The average Bonchev–Trinajstić information content (AvgIpc) is 3.16. The zero-order chi connectivity index (χ0) is 20.9. The van der Waals surface area contributed by atoms with Crippen LogP contribution < -0.4 is 9.64 Å². The van der Waals surface area contributed by atoms with Crippen molar-refractivity contribution in [2.75, 3.05) is 38.2 Å². The normalized spacial score (nSPS) is 20.7. The van der Waals surface area contributed by atoms with Gasteiger partial charge >= 0.3 is 0 Å². The van der Waals surface area contributed by atoms with Gasteiger partial charge in [0.2, 0.25) is 0 Å². The second-order valence-corrected chi connectivity index (χ2v) is 10.3. The van der Waals surface area contributed by atoms with Crippen molar-refractivity contribution >= 4 is 38.6 Å². The highest BCUT2D eigenvalue weighted by atomic mass is 79.9. The molecule has 0 aromatic heterocycles. The van der Waals surface area contributed by atoms with Crippen molar-refractivity contribution in [3.8, 4) is 5.75 Å². The van der Waals surface area contributed by atoms with Crippen LogP contribution >= 0.6 is 27.7 Å². The monoisotopic (exact) mass is 488 g/mol. The number of halogens is 1. The number of anilines is 1. The molecule has 0 bridgehead atoms. The molecule has 2 aromatic rings. The zero-order valence-corrected chi connectivity index (χ0v) is 19.8. The molecule has 1 unspecified atom stereocenters. The molecule has 6 heteroatoms. The number of rotatable bonds is 7. The lowest BCUT2D eigenvalue weighted by Gasteiger charge is -2.32. The molecule has 30 heavy (non-hydrogen) atoms. The van der Waals surface area contributed by atoms with Crippen molar-refractivity contribution in [2.45, 2.75) is 30.9 Å². The maximum Gasteiger partial charge on any atom is 0.286 e. The van der Waals surface area contributed by atoms with Gasteiger partial charge in [0, 0.05) is 22.0 Å². The van der Waals surface area contributed by atoms with Crippen LogP contribution in [0.1, 0.15) is 24.8 Å². The van der Waals surface area contributed by atoms with Crippen molar-refractivity contribution in [1.82, 2.24) is 4.90 Å². The van der Waals surface area contributed by atoms with Crippen LogP contribution in [0.3, 0.4) is 0 Å². The highest BCUT2D eigenvalue weighted by Crippen LogP contribution is 2.33. The molecule has 1 atom stereocenters. The molecule has 2 aromatic carbocycles. The Morgan fingerprint density at radius 1 is 1.13 bits per heavy atom. The van der Waals surface area contributed by atoms with E-state index in [4.69, 9.17) is 4.74 Å². The van der Waals surface area contributed by atoms with E-state index in [1.165, 1.54) is 34.6 Å². The first-order chi connectivity index (χ1) is 14.6. The van der Waals surface area contributed by atoms with Crippen LogP contribution in [0, 0.1) is 5.92 Å². The predicted octanol–water partition coefficient (Wildman–Crippen LogP) is 5.84. The van der Waals surface area contributed by atoms with Gasteiger partial charge in [-0.2, -0.15) is 0 Å². The first-order valence-electron chi connectivity index (χ1n) is 10.7. The van der Waals surface area contributed by atoms with Gasteiger partial charge in [0.1, 0.15) is 5.75 Å². The van der Waals surface area contributed by atoms with Crippen LogP contribution in [0.15, 0.2) is 53.0 Å². The smallest absolute Gasteiger partial charge is 0.286 e. The molecule has 1 amide bonds. The number of hydrogen-bond acceptors (Lipinski definition) is 4. The van der Waals surface area contributed by atoms with Crippen molar-refractivity contribution in [3.05, 3.63) is 58.6 Å². The Morgan fingerprint density at radius 3 is 2.63 bits per heavy atom. The molecular weight excluding hydrogens is 460 g/mol. The summed E-state index contributed by atoms with van der Waals surface area (Å²) in [6.07, 6.45) is 4.64. The number of para-hydroxylation sites is 1. The standard InChI is InChI=1S/C24H29BrN2O2S/c1-29-21-7-8-23(25)19(16-21)15-18-9-12-26(13-10-18)14-11-22-17-27(24(28)30-22)20-5-3-2-4-6-20/h2-8,16,18,22H,9-15,17H2,1H3. The van der Waals surface area contributed by atoms with Gasteiger partial charge in [0.15, 0.2) is 0 Å². The second kappa shape index (κ2) is 10.2. The van der Waals surface area contributed by atoms with Crippen molar-refractivity contribution < 1.29 is 9.53 Å². The number of hydrogen-bond donors (Lipinski definition) is 0. The number of ether oxygens (including phenoxy) is 1. The van der Waals surface area contributed by atoms with E-state index in [1.807, 2.05) is 41.3 Å². The average molecular weight is 489 g/mol. The summed E-state index contributed by atoms with van der Waals surface area (Å²) in [6.45, 7) is 4.22. The van der Waals surface area contributed by atoms with Crippen molar-refractivity contribution in [2.24, 2.45) is 5.92 Å². The van der Waals surface area contributed by atoms with E-state index >= 15 is 0 Å². The van der Waals surface area contributed by atoms with Gasteiger partial charge in [-0.25, -0.2) is 0 Å². The van der Waals surface area contributed by atoms with E-state index in [9.17, 15) is 4.79 Å². The van der Waals surface area contributed by atoms with E-state index in [1.54, 1.807) is 7.11 Å². The molecule has 2 saturated heterocycles. The molecular formula is C24H29BrN2O2S. The van der Waals surface area contributed by atoms with Gasteiger partial charge in [-0.3, -0.25) is 4.79 Å². The topological polar surface area (TPSA) is 32.8 Å². The lowest BCUT2D eigenvalue weighted by atomic mass is 9.90. The lowest BCUT2D eigenvalue weighted by molar-refractivity contribution is 0.182. The van der Waals surface area contributed by atoms with E-state index in [0.717, 1.165) is 56.4 Å². The fourth-order valence-corrected chi connectivity index (χ4v) is 5.82. The molecule has 0 aliphatic carbocycles. The highest BCUT2D eigenvalue weighted by molar-refractivity contribution is 9.10. The second-order valence-electron chi connectivity index (χ2n) is 8.19. The van der Waals surface area contributed by atoms with Crippen LogP contribution in [-0.4, -0.2) is 48.7 Å². The number of nitrogens with zero attached hydrogens (tertiary/aromatic N) is 2. The number of thioether (sulfide) groups is 1. The summed E-state index contributed by atoms with van der Waals surface area (Å²) >= 11 is 5.20. The zero-order valence-electron chi connectivity index (χ0n) is 17.4. The third kappa shape index (κ3) is 5.40. The van der Waals surface area contributed by atoms with Gasteiger partial charge in [-0.05, 0) is 87.1 Å². The van der Waals surface area contributed by atoms with Crippen LogP contribution in [0.4, 0.5) is 10.5 Å². The van der Waals surface area contributed by atoms with Crippen LogP contribution in [0.5, 0.6) is 5.75 Å². The minimum absolute atomic E-state index is 0.189. The summed E-state index contributed by atoms with van der Waals surface area (Å²) in [6, 6.07) is 16.3. The Balaban J connectivity index is 1.22. The lowest BCUT2D eigenvalue weighted by Crippen LogP contribution is -2.36. The van der Waals surface area contributed by atoms with Gasteiger partial charge in [0.25, 0.3) is 5.24 Å². The van der Waals surface area contributed by atoms with Gasteiger partial charge in [-0.15, -0.1) is 0 Å². The molecule has 4 rings (SSSR count). The Morgan fingerprint density at radius 2 is 1.90 bits per heavy atom. The molecule has 0 saturated carbocycles. The van der Waals surface area contributed by atoms with Gasteiger partial charge in [0.05, 0.1) is 7.11 Å². The van der Waals surface area contributed by atoms with E-state index in [0.29, 0.717) is 5.25 Å². The fourth-order valence-electron chi connectivity index (χ4n) is 4.38. The largest absolute Gasteiger partial charge is 0.497 e. The Bertz CT molecular complexity index is 856. The van der Waals surface area contributed by atoms with Crippen molar-refractivity contribution in [1.29, 1.82) is 0 Å². The third-order valence-corrected chi connectivity index (χ3v) is 8.09. The fraction of sp³-hybridized carbons (Fsp3) is 0.458. The molecule has 0 radical (unpaired) electrons. The van der Waals surface area contributed by atoms with E-state index < -0.39 is 0 Å². The molecule has 2 fully saturated rings. The summed E-state index contributed by atoms with van der Waals surface area (Å²) in [7, 11) is 1.72. The van der Waals surface area contributed by atoms with Crippen LogP contribution in [0.2, 0.25) is 0 Å². The Hall–Kier alpha value is -1.50. The molecule has 2 aliphatic heterocycles. The number of carbonyl (C=O) groups is 1. The number of methoxy groups -OCH3 is 1.